The molecule has 15 heteroatoms. The fraction of sp³-hybridized carbons (Fsp3) is 0.409. The van der Waals surface area contributed by atoms with E-state index in [9.17, 15) is 14.4 Å². The van der Waals surface area contributed by atoms with Crippen LogP contribution in [0, 0.1) is 6.92 Å². The van der Waals surface area contributed by atoms with Crippen LogP contribution in [0.15, 0.2) is 77.7 Å². The molecular weight excluding hydrogens is 747 g/mol. The zero-order chi connectivity index (χ0) is 41.3. The molecular formula is C44H51N11O4. The number of piperidine rings is 1. The van der Waals surface area contributed by atoms with Gasteiger partial charge in [0, 0.05) is 61.4 Å². The third-order valence-corrected chi connectivity index (χ3v) is 11.6. The van der Waals surface area contributed by atoms with E-state index in [1.165, 1.54) is 11.9 Å². The molecule has 0 unspecified atom stereocenters. The molecule has 2 aromatic carbocycles. The largest absolute Gasteiger partial charge is 0.374 e. The number of rotatable bonds is 11. The molecule has 5 heterocycles. The average molecular weight is 798 g/mol. The summed E-state index contributed by atoms with van der Waals surface area (Å²) in [4.78, 5) is 59.4. The number of pyridine rings is 1. The van der Waals surface area contributed by atoms with E-state index >= 15 is 0 Å². The fourth-order valence-electron chi connectivity index (χ4n) is 8.03. The van der Waals surface area contributed by atoms with Crippen LogP contribution in [0.5, 0.6) is 0 Å². The highest BCUT2D eigenvalue weighted by Gasteiger charge is 2.36. The summed E-state index contributed by atoms with van der Waals surface area (Å²) in [7, 11) is 0. The minimum atomic E-state index is -0.414. The molecule has 15 nitrogen and oxygen atoms in total. The molecule has 306 valence electrons. The number of aryl methyl sites for hydroxylation is 1. The lowest BCUT2D eigenvalue weighted by Crippen LogP contribution is -2.53. The number of hydrogen-bond acceptors (Lipinski definition) is 13. The second-order valence-corrected chi connectivity index (χ2v) is 16.9. The molecule has 8 rings (SSSR count). The number of carbonyl (C=O) groups excluding carboxylic acids is 3. The highest BCUT2D eigenvalue weighted by Crippen LogP contribution is 2.40. The highest BCUT2D eigenvalue weighted by molar-refractivity contribution is 6.01. The molecule has 5 aromatic rings. The van der Waals surface area contributed by atoms with E-state index in [2.05, 4.69) is 75.4 Å². The lowest BCUT2D eigenvalue weighted by Gasteiger charge is -2.47. The van der Waals surface area contributed by atoms with E-state index in [0.29, 0.717) is 42.3 Å². The van der Waals surface area contributed by atoms with Crippen LogP contribution in [0.25, 0.3) is 11.3 Å². The summed E-state index contributed by atoms with van der Waals surface area (Å²) in [6.45, 7) is 13.8. The third kappa shape index (κ3) is 9.09. The van der Waals surface area contributed by atoms with Gasteiger partial charge in [0.2, 0.25) is 11.8 Å². The molecule has 3 amide bonds. The number of nitrogens with zero attached hydrogens (tertiary/aromatic N) is 7. The Labute approximate surface area is 343 Å². The summed E-state index contributed by atoms with van der Waals surface area (Å²) in [6, 6.07) is 20.4. The zero-order valence-electron chi connectivity index (χ0n) is 34.2. The molecule has 59 heavy (non-hydrogen) atoms. The van der Waals surface area contributed by atoms with Crippen molar-refractivity contribution in [3.05, 3.63) is 102 Å². The Morgan fingerprint density at radius 2 is 1.71 bits per heavy atom. The first-order chi connectivity index (χ1) is 28.4. The van der Waals surface area contributed by atoms with Gasteiger partial charge in [-0.2, -0.15) is 4.98 Å². The van der Waals surface area contributed by atoms with Gasteiger partial charge >= 0.3 is 11.8 Å². The van der Waals surface area contributed by atoms with Crippen molar-refractivity contribution in [2.24, 2.45) is 0 Å². The van der Waals surface area contributed by atoms with Gasteiger partial charge in [-0.3, -0.25) is 24.6 Å². The first-order valence-corrected chi connectivity index (χ1v) is 20.4. The van der Waals surface area contributed by atoms with Crippen LogP contribution in [0.3, 0.4) is 0 Å². The monoisotopic (exact) mass is 797 g/mol. The average Bonchev–Trinajstić information content (AvgIpc) is 3.72. The van der Waals surface area contributed by atoms with E-state index in [4.69, 9.17) is 9.51 Å². The van der Waals surface area contributed by atoms with Crippen molar-refractivity contribution in [2.45, 2.75) is 89.8 Å². The molecule has 0 spiro atoms. The van der Waals surface area contributed by atoms with E-state index in [1.54, 1.807) is 0 Å². The maximum atomic E-state index is 12.8. The van der Waals surface area contributed by atoms with E-state index < -0.39 is 5.91 Å². The Bertz CT molecular complexity index is 2310. The fourth-order valence-corrected chi connectivity index (χ4v) is 8.03. The number of anilines is 4. The van der Waals surface area contributed by atoms with Crippen LogP contribution in [0.1, 0.15) is 98.5 Å². The molecule has 2 atom stereocenters. The molecule has 2 aliphatic heterocycles. The van der Waals surface area contributed by atoms with Gasteiger partial charge in [-0.25, -0.2) is 15.0 Å². The normalized spacial score (nSPS) is 20.4. The molecule has 0 radical (unpaired) electrons. The highest BCUT2D eigenvalue weighted by atomic mass is 16.5. The van der Waals surface area contributed by atoms with Crippen molar-refractivity contribution in [1.29, 1.82) is 0 Å². The van der Waals surface area contributed by atoms with Crippen LogP contribution < -0.4 is 26.2 Å². The third-order valence-electron chi connectivity index (χ3n) is 11.6. The van der Waals surface area contributed by atoms with Gasteiger partial charge < -0.3 is 25.4 Å². The SMILES string of the molecule is Cc1cc(-c2cc(Nc3ccc(N4CCN(C5CC(c6ccc(N[C@H]7CCC(=O)NC7=O)cc6)C5)CC4)cn3)ncn2)ccc1[C@@H](C)NC(=O)c1nc(C(C)(C)C)no1. The van der Waals surface area contributed by atoms with Crippen LogP contribution in [-0.4, -0.2) is 86.0 Å². The van der Waals surface area contributed by atoms with Crippen LogP contribution in [-0.2, 0) is 15.0 Å². The maximum absolute atomic E-state index is 12.8. The Morgan fingerprint density at radius 1 is 0.932 bits per heavy atom. The van der Waals surface area contributed by atoms with E-state index in [1.807, 2.05) is 77.2 Å². The number of hydrogen-bond donors (Lipinski definition) is 4. The number of imide groups is 1. The second-order valence-electron chi connectivity index (χ2n) is 16.9. The van der Waals surface area contributed by atoms with Gasteiger partial charge in [0.25, 0.3) is 0 Å². The number of nitrogens with one attached hydrogen (secondary N) is 4. The van der Waals surface area contributed by atoms with Crippen molar-refractivity contribution in [3.8, 4) is 11.3 Å². The van der Waals surface area contributed by atoms with Crippen molar-refractivity contribution >= 4 is 40.7 Å². The summed E-state index contributed by atoms with van der Waals surface area (Å²) < 4.78 is 5.22. The van der Waals surface area contributed by atoms with Crippen LogP contribution in [0.4, 0.5) is 23.0 Å². The van der Waals surface area contributed by atoms with Crippen LogP contribution in [0.2, 0.25) is 0 Å². The van der Waals surface area contributed by atoms with Gasteiger partial charge in [-0.15, -0.1) is 0 Å². The minimum absolute atomic E-state index is 0.0520. The summed E-state index contributed by atoms with van der Waals surface area (Å²) in [5.74, 6) is 1.44. The summed E-state index contributed by atoms with van der Waals surface area (Å²) >= 11 is 0. The maximum Gasteiger partial charge on any atom is 0.315 e. The van der Waals surface area contributed by atoms with Gasteiger partial charge in [0.15, 0.2) is 5.82 Å². The first kappa shape index (κ1) is 39.6. The molecule has 2 saturated heterocycles. The van der Waals surface area contributed by atoms with Gasteiger partial charge in [-0.05, 0) is 86.1 Å². The molecule has 3 fully saturated rings. The topological polar surface area (TPSA) is 183 Å². The molecule has 1 aliphatic carbocycles. The van der Waals surface area contributed by atoms with Crippen molar-refractivity contribution < 1.29 is 18.9 Å². The summed E-state index contributed by atoms with van der Waals surface area (Å²) in [5.41, 5.74) is 6.68. The lowest BCUT2D eigenvalue weighted by atomic mass is 9.75. The van der Waals surface area contributed by atoms with Gasteiger partial charge in [0.1, 0.15) is 24.0 Å². The predicted molar refractivity (Wildman–Crippen MR) is 224 cm³/mol. The van der Waals surface area contributed by atoms with Gasteiger partial charge in [0.05, 0.1) is 23.6 Å². The number of aromatic nitrogens is 5. The minimum Gasteiger partial charge on any atom is -0.374 e. The van der Waals surface area contributed by atoms with Crippen LogP contribution >= 0.6 is 0 Å². The predicted octanol–water partition coefficient (Wildman–Crippen LogP) is 6.05. The van der Waals surface area contributed by atoms with Gasteiger partial charge in [-0.1, -0.05) is 50.2 Å². The Balaban J connectivity index is 0.795. The number of amides is 3. The van der Waals surface area contributed by atoms with Crippen molar-refractivity contribution in [3.63, 3.8) is 0 Å². The van der Waals surface area contributed by atoms with Crippen molar-refractivity contribution in [2.75, 3.05) is 41.7 Å². The number of piperazine rings is 1. The molecule has 3 aromatic heterocycles. The quantitative estimate of drug-likeness (QED) is 0.114. The standard InChI is InChI=1S/C44H51N11O4/c1-26-20-29(8-12-34(26)27(2)48-41(58)42-52-43(53-59-42)44(3,4)5)36-23-38(47-25-46-36)50-37-14-11-32(24-45-37)54-16-18-55(19-17-54)33-21-30(22-33)28-6-9-31(10-7-28)49-35-13-15-39(56)51-40(35)57/h6-12,14,20,23-25,27,30,33,35,49H,13,15-19,21-22H2,1-5H3,(H,48,58)(H,51,56,57)(H,45,46,47,50)/t27-,30?,33?,35+/m1/s1. The lowest BCUT2D eigenvalue weighted by molar-refractivity contribution is -0.133. The zero-order valence-corrected chi connectivity index (χ0v) is 34.2. The van der Waals surface area contributed by atoms with Crippen molar-refractivity contribution in [1.82, 2.24) is 40.6 Å². The van der Waals surface area contributed by atoms with E-state index in [-0.39, 0.29) is 35.2 Å². The number of benzene rings is 2. The smallest absolute Gasteiger partial charge is 0.315 e. The summed E-state index contributed by atoms with van der Waals surface area (Å²) in [5, 5.41) is 15.9. The molecule has 0 bridgehead atoms. The first-order valence-electron chi connectivity index (χ1n) is 20.4. The summed E-state index contributed by atoms with van der Waals surface area (Å²) in [6.07, 6.45) is 6.64. The van der Waals surface area contributed by atoms with E-state index in [0.717, 1.165) is 72.8 Å². The Kier molecular flexibility index (Phi) is 11.1. The second kappa shape index (κ2) is 16.6. The molecule has 4 N–H and O–H groups in total. The Hall–Kier alpha value is -6.22. The molecule has 3 aliphatic rings. The molecule has 1 saturated carbocycles. The Morgan fingerprint density at radius 3 is 2.39 bits per heavy atom. The number of carbonyl (C=O) groups is 3.